The van der Waals surface area contributed by atoms with Crippen LogP contribution >= 0.6 is 0 Å². The van der Waals surface area contributed by atoms with E-state index in [1.807, 2.05) is 0 Å². The Morgan fingerprint density at radius 2 is 2.00 bits per heavy atom. The van der Waals surface area contributed by atoms with Crippen molar-refractivity contribution in [1.82, 2.24) is 9.80 Å². The number of nitrogens with zero attached hydrogens (tertiary/aromatic N) is 2. The standard InChI is InChI=1S/C15H24N2O2/c1-11(18)15(19)17-6-4-16(5-7-17)10-14-9-12-2-3-13(14)8-12/h2-3,11-14,18H,4-10H2,1H3/t11-,12+,13+,14+/m1/s1. The summed E-state index contributed by atoms with van der Waals surface area (Å²) in [6.07, 6.45) is 6.66. The Morgan fingerprint density at radius 3 is 2.53 bits per heavy atom. The van der Waals surface area contributed by atoms with E-state index in [0.29, 0.717) is 0 Å². The molecule has 2 fully saturated rings. The lowest BCUT2D eigenvalue weighted by molar-refractivity contribution is -0.141. The minimum absolute atomic E-state index is 0.123. The van der Waals surface area contributed by atoms with Gasteiger partial charge in [0.1, 0.15) is 6.10 Å². The number of carbonyl (C=O) groups is 1. The van der Waals surface area contributed by atoms with Gasteiger partial charge >= 0.3 is 0 Å². The first-order valence-corrected chi connectivity index (χ1v) is 7.51. The molecule has 2 aliphatic carbocycles. The number of rotatable bonds is 3. The number of hydrogen-bond donors (Lipinski definition) is 1. The Balaban J connectivity index is 1.46. The summed E-state index contributed by atoms with van der Waals surface area (Å²) in [6.45, 7) is 6.17. The summed E-state index contributed by atoms with van der Waals surface area (Å²) in [7, 11) is 0. The number of amides is 1. The molecule has 1 N–H and O–H groups in total. The molecular formula is C15H24N2O2. The third-order valence-electron chi connectivity index (χ3n) is 4.95. The average molecular weight is 264 g/mol. The third-order valence-corrected chi connectivity index (χ3v) is 4.95. The lowest BCUT2D eigenvalue weighted by atomic mass is 9.93. The van der Waals surface area contributed by atoms with Gasteiger partial charge in [-0.2, -0.15) is 0 Å². The molecular weight excluding hydrogens is 240 g/mol. The SMILES string of the molecule is C[C@@H](O)C(=O)N1CCN(C[C@@H]2C[C@H]3C=C[C@H]2C3)CC1. The van der Waals surface area contributed by atoms with Crippen molar-refractivity contribution in [2.24, 2.45) is 17.8 Å². The van der Waals surface area contributed by atoms with Gasteiger partial charge in [0, 0.05) is 32.7 Å². The summed E-state index contributed by atoms with van der Waals surface area (Å²) in [6, 6.07) is 0. The maximum absolute atomic E-state index is 11.7. The van der Waals surface area contributed by atoms with E-state index in [0.717, 1.165) is 43.9 Å². The number of allylic oxidation sites excluding steroid dienone is 2. The Morgan fingerprint density at radius 1 is 1.26 bits per heavy atom. The van der Waals surface area contributed by atoms with E-state index in [2.05, 4.69) is 17.1 Å². The van der Waals surface area contributed by atoms with E-state index < -0.39 is 6.10 Å². The van der Waals surface area contributed by atoms with Crippen molar-refractivity contribution in [3.63, 3.8) is 0 Å². The van der Waals surface area contributed by atoms with Gasteiger partial charge in [0.25, 0.3) is 5.91 Å². The van der Waals surface area contributed by atoms with Crippen molar-refractivity contribution in [3.05, 3.63) is 12.2 Å². The maximum atomic E-state index is 11.7. The first-order valence-electron chi connectivity index (χ1n) is 7.51. The van der Waals surface area contributed by atoms with Crippen LogP contribution in [0.4, 0.5) is 0 Å². The number of fused-ring (bicyclic) bond motifs is 2. The third kappa shape index (κ3) is 2.70. The van der Waals surface area contributed by atoms with Gasteiger partial charge in [0.05, 0.1) is 0 Å². The molecule has 4 nitrogen and oxygen atoms in total. The number of hydrogen-bond acceptors (Lipinski definition) is 3. The molecule has 106 valence electrons. The zero-order chi connectivity index (χ0) is 13.4. The van der Waals surface area contributed by atoms with E-state index in [-0.39, 0.29) is 5.91 Å². The second kappa shape index (κ2) is 5.25. The van der Waals surface area contributed by atoms with E-state index in [4.69, 9.17) is 0 Å². The summed E-state index contributed by atoms with van der Waals surface area (Å²) < 4.78 is 0. The van der Waals surface area contributed by atoms with E-state index >= 15 is 0 Å². The van der Waals surface area contributed by atoms with Crippen molar-refractivity contribution in [2.45, 2.75) is 25.9 Å². The molecule has 1 aliphatic heterocycles. The summed E-state index contributed by atoms with van der Waals surface area (Å²) in [5, 5.41) is 9.33. The lowest BCUT2D eigenvalue weighted by Crippen LogP contribution is -2.52. The molecule has 3 aliphatic rings. The van der Waals surface area contributed by atoms with Crippen LogP contribution in [0.1, 0.15) is 19.8 Å². The molecule has 0 aromatic heterocycles. The molecule has 3 rings (SSSR count). The van der Waals surface area contributed by atoms with Gasteiger partial charge in [0.15, 0.2) is 0 Å². The molecule has 4 heteroatoms. The van der Waals surface area contributed by atoms with Crippen LogP contribution in [0.3, 0.4) is 0 Å². The molecule has 0 spiro atoms. The quantitative estimate of drug-likeness (QED) is 0.764. The Labute approximate surface area is 115 Å². The van der Waals surface area contributed by atoms with Crippen molar-refractivity contribution in [2.75, 3.05) is 32.7 Å². The van der Waals surface area contributed by atoms with Crippen LogP contribution in [0.5, 0.6) is 0 Å². The Kier molecular flexibility index (Phi) is 3.63. The molecule has 0 aromatic carbocycles. The minimum atomic E-state index is -0.859. The van der Waals surface area contributed by atoms with Gasteiger partial charge in [-0.15, -0.1) is 0 Å². The van der Waals surface area contributed by atoms with Crippen LogP contribution in [0.2, 0.25) is 0 Å². The van der Waals surface area contributed by atoms with E-state index in [1.54, 1.807) is 11.8 Å². The number of carbonyl (C=O) groups excluding carboxylic acids is 1. The van der Waals surface area contributed by atoms with Gasteiger partial charge < -0.3 is 10.0 Å². The normalized spacial score (nSPS) is 35.9. The maximum Gasteiger partial charge on any atom is 0.251 e. The highest BCUT2D eigenvalue weighted by molar-refractivity contribution is 5.80. The summed E-state index contributed by atoms with van der Waals surface area (Å²) in [5.41, 5.74) is 0. The van der Waals surface area contributed by atoms with Crippen LogP contribution in [-0.4, -0.2) is 59.6 Å². The zero-order valence-corrected chi connectivity index (χ0v) is 11.7. The van der Waals surface area contributed by atoms with Gasteiger partial charge in [-0.3, -0.25) is 9.69 Å². The smallest absolute Gasteiger partial charge is 0.251 e. The predicted molar refractivity (Wildman–Crippen MR) is 73.5 cm³/mol. The molecule has 0 radical (unpaired) electrons. The van der Waals surface area contributed by atoms with Crippen LogP contribution in [0.15, 0.2) is 12.2 Å². The number of aliphatic hydroxyl groups is 1. The van der Waals surface area contributed by atoms with Gasteiger partial charge in [-0.1, -0.05) is 12.2 Å². The van der Waals surface area contributed by atoms with E-state index in [1.165, 1.54) is 19.4 Å². The molecule has 0 unspecified atom stereocenters. The fourth-order valence-electron chi connectivity index (χ4n) is 3.85. The highest BCUT2D eigenvalue weighted by Gasteiger charge is 2.36. The second-order valence-electron chi connectivity index (χ2n) is 6.34. The molecule has 0 aromatic rings. The Hall–Kier alpha value is -0.870. The zero-order valence-electron chi connectivity index (χ0n) is 11.7. The molecule has 4 atom stereocenters. The summed E-state index contributed by atoms with van der Waals surface area (Å²) >= 11 is 0. The number of piperazine rings is 1. The molecule has 1 saturated carbocycles. The van der Waals surface area contributed by atoms with Crippen molar-refractivity contribution in [1.29, 1.82) is 0 Å². The first-order chi connectivity index (χ1) is 9.13. The topological polar surface area (TPSA) is 43.8 Å². The Bertz CT molecular complexity index is 372. The lowest BCUT2D eigenvalue weighted by Gasteiger charge is -2.37. The molecule has 2 bridgehead atoms. The fourth-order valence-corrected chi connectivity index (χ4v) is 3.85. The van der Waals surface area contributed by atoms with Crippen molar-refractivity contribution < 1.29 is 9.90 Å². The highest BCUT2D eigenvalue weighted by atomic mass is 16.3. The number of aliphatic hydroxyl groups excluding tert-OH is 1. The predicted octanol–water partition coefficient (Wildman–Crippen LogP) is 0.724. The van der Waals surface area contributed by atoms with Crippen LogP contribution in [-0.2, 0) is 4.79 Å². The molecule has 1 heterocycles. The summed E-state index contributed by atoms with van der Waals surface area (Å²) in [4.78, 5) is 16.0. The highest BCUT2D eigenvalue weighted by Crippen LogP contribution is 2.43. The van der Waals surface area contributed by atoms with Gasteiger partial charge in [-0.25, -0.2) is 0 Å². The average Bonchev–Trinajstić information content (AvgIpc) is 3.01. The van der Waals surface area contributed by atoms with Crippen LogP contribution < -0.4 is 0 Å². The van der Waals surface area contributed by atoms with Gasteiger partial charge in [0.2, 0.25) is 0 Å². The van der Waals surface area contributed by atoms with Gasteiger partial charge in [-0.05, 0) is 37.5 Å². The first kappa shape index (κ1) is 13.1. The minimum Gasteiger partial charge on any atom is -0.384 e. The van der Waals surface area contributed by atoms with E-state index in [9.17, 15) is 9.90 Å². The van der Waals surface area contributed by atoms with Crippen molar-refractivity contribution in [3.8, 4) is 0 Å². The fraction of sp³-hybridized carbons (Fsp3) is 0.800. The van der Waals surface area contributed by atoms with Crippen molar-refractivity contribution >= 4 is 5.91 Å². The molecule has 1 saturated heterocycles. The summed E-state index contributed by atoms with van der Waals surface area (Å²) in [5.74, 6) is 2.35. The molecule has 19 heavy (non-hydrogen) atoms. The second-order valence-corrected chi connectivity index (χ2v) is 6.34. The van der Waals surface area contributed by atoms with Crippen LogP contribution in [0, 0.1) is 17.8 Å². The molecule has 1 amide bonds. The largest absolute Gasteiger partial charge is 0.384 e. The van der Waals surface area contributed by atoms with Crippen LogP contribution in [0.25, 0.3) is 0 Å². The monoisotopic (exact) mass is 264 g/mol.